The van der Waals surface area contributed by atoms with Crippen LogP contribution in [0, 0.1) is 0 Å². The molecule has 0 aliphatic carbocycles. The topological polar surface area (TPSA) is 49.4 Å². The zero-order valence-electron chi connectivity index (χ0n) is 15.5. The molecule has 4 nitrogen and oxygen atoms in total. The van der Waals surface area contributed by atoms with Crippen LogP contribution in [0.4, 0.5) is 5.69 Å². The molecule has 5 heteroatoms. The molecule has 3 aromatic rings. The Hall–Kier alpha value is -2.92. The lowest BCUT2D eigenvalue weighted by molar-refractivity contribution is -0.120. The third kappa shape index (κ3) is 3.99. The summed E-state index contributed by atoms with van der Waals surface area (Å²) in [7, 11) is 0. The van der Waals surface area contributed by atoms with Crippen molar-refractivity contribution in [2.24, 2.45) is 0 Å². The van der Waals surface area contributed by atoms with Crippen LogP contribution in [0.2, 0.25) is 0 Å². The zero-order valence-corrected chi connectivity index (χ0v) is 16.3. The Morgan fingerprint density at radius 1 is 1.00 bits per heavy atom. The summed E-state index contributed by atoms with van der Waals surface area (Å²) in [5.74, 6) is -0.254. The summed E-state index contributed by atoms with van der Waals surface area (Å²) in [6, 6.07) is 20.9. The largest absolute Gasteiger partial charge is 0.339 e. The fraction of sp³-hybridized carbons (Fsp3) is 0.217. The molecule has 0 bridgehead atoms. The predicted octanol–water partition coefficient (Wildman–Crippen LogP) is 4.07. The number of nitrogens with one attached hydrogen (secondary N) is 1. The van der Waals surface area contributed by atoms with Crippen molar-refractivity contribution in [1.82, 2.24) is 5.32 Å². The number of hydrogen-bond donors (Lipinski definition) is 1. The molecule has 1 N–H and O–H groups in total. The third-order valence-corrected chi connectivity index (χ3v) is 5.88. The molecule has 0 fully saturated rings. The van der Waals surface area contributed by atoms with E-state index in [-0.39, 0.29) is 11.8 Å². The van der Waals surface area contributed by atoms with Gasteiger partial charge in [-0.05, 0) is 41.5 Å². The Bertz CT molecular complexity index is 954. The van der Waals surface area contributed by atoms with Gasteiger partial charge in [-0.1, -0.05) is 54.6 Å². The fourth-order valence-corrected chi connectivity index (χ4v) is 4.26. The number of hydrogen-bond acceptors (Lipinski definition) is 3. The summed E-state index contributed by atoms with van der Waals surface area (Å²) < 4.78 is 0. The Kier molecular flexibility index (Phi) is 5.53. The van der Waals surface area contributed by atoms with Gasteiger partial charge in [0.05, 0.1) is 4.88 Å². The lowest BCUT2D eigenvalue weighted by Crippen LogP contribution is -2.51. The van der Waals surface area contributed by atoms with Crippen molar-refractivity contribution in [2.45, 2.75) is 25.3 Å². The number of rotatable bonds is 5. The third-order valence-electron chi connectivity index (χ3n) is 5.01. The molecule has 1 aliphatic heterocycles. The van der Waals surface area contributed by atoms with Crippen molar-refractivity contribution in [2.75, 3.05) is 11.4 Å². The molecule has 0 saturated heterocycles. The Balaban J connectivity index is 1.61. The Morgan fingerprint density at radius 2 is 1.79 bits per heavy atom. The van der Waals surface area contributed by atoms with Crippen molar-refractivity contribution in [3.05, 3.63) is 88.1 Å². The van der Waals surface area contributed by atoms with Gasteiger partial charge < -0.3 is 10.2 Å². The summed E-state index contributed by atoms with van der Waals surface area (Å²) in [6.07, 6.45) is 2.37. The molecule has 2 aromatic carbocycles. The minimum absolute atomic E-state index is 0.0547. The molecule has 0 saturated carbocycles. The van der Waals surface area contributed by atoms with E-state index >= 15 is 0 Å². The first kappa shape index (κ1) is 18.4. The quantitative estimate of drug-likeness (QED) is 0.714. The SMILES string of the molecule is O=C(N[C@@H](Cc1ccccc1)C(=O)N1CCCc2ccccc21)c1cccs1. The van der Waals surface area contributed by atoms with E-state index in [1.807, 2.05) is 64.9 Å². The molecule has 142 valence electrons. The second-order valence-corrected chi connectivity index (χ2v) is 7.86. The first-order chi connectivity index (χ1) is 13.7. The van der Waals surface area contributed by atoms with Crippen molar-refractivity contribution in [1.29, 1.82) is 0 Å². The maximum Gasteiger partial charge on any atom is 0.262 e. The van der Waals surface area contributed by atoms with Gasteiger partial charge in [0, 0.05) is 18.7 Å². The van der Waals surface area contributed by atoms with E-state index in [1.54, 1.807) is 6.07 Å². The second-order valence-electron chi connectivity index (χ2n) is 6.92. The van der Waals surface area contributed by atoms with Crippen LogP contribution in [0.25, 0.3) is 0 Å². The molecule has 0 unspecified atom stereocenters. The van der Waals surface area contributed by atoms with Crippen LogP contribution in [-0.2, 0) is 17.6 Å². The molecule has 1 aliphatic rings. The first-order valence-electron chi connectivity index (χ1n) is 9.50. The lowest BCUT2D eigenvalue weighted by atomic mass is 9.99. The van der Waals surface area contributed by atoms with Gasteiger partial charge in [-0.25, -0.2) is 0 Å². The average Bonchev–Trinajstić information content (AvgIpc) is 3.28. The van der Waals surface area contributed by atoms with Crippen LogP contribution in [-0.4, -0.2) is 24.4 Å². The van der Waals surface area contributed by atoms with E-state index in [2.05, 4.69) is 11.4 Å². The highest BCUT2D eigenvalue weighted by atomic mass is 32.1. The highest BCUT2D eigenvalue weighted by Crippen LogP contribution is 2.27. The van der Waals surface area contributed by atoms with Crippen LogP contribution < -0.4 is 10.2 Å². The minimum atomic E-state index is -0.608. The molecule has 1 aromatic heterocycles. The number of anilines is 1. The Labute approximate surface area is 168 Å². The molecule has 28 heavy (non-hydrogen) atoms. The van der Waals surface area contributed by atoms with Crippen molar-refractivity contribution in [3.63, 3.8) is 0 Å². The van der Waals surface area contributed by atoms with Crippen molar-refractivity contribution >= 4 is 28.8 Å². The molecular formula is C23H22N2O2S. The van der Waals surface area contributed by atoms with Crippen LogP contribution in [0.3, 0.4) is 0 Å². The predicted molar refractivity (Wildman–Crippen MR) is 113 cm³/mol. The van der Waals surface area contributed by atoms with Gasteiger partial charge in [0.25, 0.3) is 5.91 Å². The number of benzene rings is 2. The number of aryl methyl sites for hydroxylation is 1. The number of thiophene rings is 1. The molecule has 1 atom stereocenters. The number of carbonyl (C=O) groups is 2. The van der Waals surface area contributed by atoms with Crippen molar-refractivity contribution < 1.29 is 9.59 Å². The van der Waals surface area contributed by atoms with Gasteiger partial charge in [0.1, 0.15) is 6.04 Å². The molecule has 0 spiro atoms. The van der Waals surface area contributed by atoms with Gasteiger partial charge in [-0.2, -0.15) is 0 Å². The van der Waals surface area contributed by atoms with Gasteiger partial charge >= 0.3 is 0 Å². The molecule has 2 heterocycles. The number of amides is 2. The number of para-hydroxylation sites is 1. The van der Waals surface area contributed by atoms with Gasteiger partial charge in [0.15, 0.2) is 0 Å². The molecule has 0 radical (unpaired) electrons. The van der Waals surface area contributed by atoms with Crippen molar-refractivity contribution in [3.8, 4) is 0 Å². The zero-order chi connectivity index (χ0) is 19.3. The van der Waals surface area contributed by atoms with Crippen LogP contribution >= 0.6 is 11.3 Å². The normalized spacial score (nSPS) is 14.2. The van der Waals surface area contributed by atoms with E-state index in [0.29, 0.717) is 17.8 Å². The number of carbonyl (C=O) groups excluding carboxylic acids is 2. The summed E-state index contributed by atoms with van der Waals surface area (Å²) in [6.45, 7) is 0.677. The van der Waals surface area contributed by atoms with Gasteiger partial charge in [0.2, 0.25) is 5.91 Å². The molecular weight excluding hydrogens is 368 g/mol. The van der Waals surface area contributed by atoms with E-state index in [9.17, 15) is 9.59 Å². The van der Waals surface area contributed by atoms with Gasteiger partial charge in [-0.15, -0.1) is 11.3 Å². The highest BCUT2D eigenvalue weighted by Gasteiger charge is 2.30. The monoisotopic (exact) mass is 390 g/mol. The van der Waals surface area contributed by atoms with Gasteiger partial charge in [-0.3, -0.25) is 9.59 Å². The first-order valence-corrected chi connectivity index (χ1v) is 10.4. The van der Waals surface area contributed by atoms with E-state index < -0.39 is 6.04 Å². The fourth-order valence-electron chi connectivity index (χ4n) is 3.64. The smallest absolute Gasteiger partial charge is 0.262 e. The summed E-state index contributed by atoms with van der Waals surface area (Å²) in [5, 5.41) is 4.84. The highest BCUT2D eigenvalue weighted by molar-refractivity contribution is 7.12. The summed E-state index contributed by atoms with van der Waals surface area (Å²) in [5.41, 5.74) is 3.17. The number of fused-ring (bicyclic) bond motifs is 1. The maximum absolute atomic E-state index is 13.5. The standard InChI is InChI=1S/C23H22N2O2S/c26-22(21-13-7-15-28-21)24-19(16-17-8-2-1-3-9-17)23(27)25-14-6-11-18-10-4-5-12-20(18)25/h1-5,7-10,12-13,15,19H,6,11,14,16H2,(H,24,26)/t19-/m0/s1. The molecule has 2 amide bonds. The Morgan fingerprint density at radius 3 is 2.57 bits per heavy atom. The maximum atomic E-state index is 13.5. The van der Waals surface area contributed by atoms with Crippen LogP contribution in [0.5, 0.6) is 0 Å². The number of nitrogens with zero attached hydrogens (tertiary/aromatic N) is 1. The van der Waals surface area contributed by atoms with E-state index in [0.717, 1.165) is 24.1 Å². The van der Waals surface area contributed by atoms with E-state index in [1.165, 1.54) is 16.9 Å². The lowest BCUT2D eigenvalue weighted by Gasteiger charge is -2.32. The van der Waals surface area contributed by atoms with E-state index in [4.69, 9.17) is 0 Å². The van der Waals surface area contributed by atoms with Crippen LogP contribution in [0.1, 0.15) is 27.2 Å². The second kappa shape index (κ2) is 8.40. The minimum Gasteiger partial charge on any atom is -0.339 e. The summed E-state index contributed by atoms with van der Waals surface area (Å²) in [4.78, 5) is 28.6. The molecule has 4 rings (SSSR count). The average molecular weight is 391 g/mol. The summed E-state index contributed by atoms with van der Waals surface area (Å²) >= 11 is 1.38. The van der Waals surface area contributed by atoms with Crippen LogP contribution in [0.15, 0.2) is 72.1 Å².